The Morgan fingerprint density at radius 2 is 1.83 bits per heavy atom. The highest BCUT2D eigenvalue weighted by Crippen LogP contribution is 2.19. The Balaban J connectivity index is 2.13. The molecular formula is C18H26N2O3. The molecule has 1 aromatic carbocycles. The van der Waals surface area contributed by atoms with Crippen molar-refractivity contribution in [3.05, 3.63) is 34.9 Å². The Kier molecular flexibility index (Phi) is 5.91. The third kappa shape index (κ3) is 4.88. The van der Waals surface area contributed by atoms with Gasteiger partial charge in [0.2, 0.25) is 0 Å². The van der Waals surface area contributed by atoms with Crippen molar-refractivity contribution in [2.24, 2.45) is 5.92 Å². The van der Waals surface area contributed by atoms with E-state index in [4.69, 9.17) is 0 Å². The zero-order valence-corrected chi connectivity index (χ0v) is 14.2. The Morgan fingerprint density at radius 1 is 1.17 bits per heavy atom. The molecule has 126 valence electrons. The van der Waals surface area contributed by atoms with Gasteiger partial charge in [0.25, 0.3) is 0 Å². The summed E-state index contributed by atoms with van der Waals surface area (Å²) in [6.45, 7) is 8.09. The molecule has 2 rings (SSSR count). The van der Waals surface area contributed by atoms with Crippen LogP contribution in [-0.4, -0.2) is 66.4 Å². The molecule has 1 fully saturated rings. The van der Waals surface area contributed by atoms with Crippen molar-refractivity contribution in [1.82, 2.24) is 9.80 Å². The number of hydrogen-bond acceptors (Lipinski definition) is 4. The number of Topliss-reactive ketones (excluding diaryl/α,β-unsaturated/α-hetero) is 1. The molecule has 0 aliphatic carbocycles. The predicted octanol–water partition coefficient (Wildman–Crippen LogP) is 1.82. The first-order valence-electron chi connectivity index (χ1n) is 8.11. The summed E-state index contributed by atoms with van der Waals surface area (Å²) in [5.74, 6) is -1.46. The summed E-state index contributed by atoms with van der Waals surface area (Å²) in [6.07, 6.45) is -0.113. The van der Waals surface area contributed by atoms with Crippen LogP contribution in [0.3, 0.4) is 0 Å². The lowest BCUT2D eigenvalue weighted by Gasteiger charge is -2.34. The number of likely N-dealkylation sites (N-methyl/N-ethyl adjacent to an activating group) is 1. The maximum Gasteiger partial charge on any atom is 0.304 e. The molecule has 23 heavy (non-hydrogen) atoms. The summed E-state index contributed by atoms with van der Waals surface area (Å²) >= 11 is 0. The third-order valence-electron chi connectivity index (χ3n) is 4.51. The molecule has 1 N–H and O–H groups in total. The van der Waals surface area contributed by atoms with E-state index in [0.29, 0.717) is 12.1 Å². The normalized spacial score (nSPS) is 17.9. The van der Waals surface area contributed by atoms with Gasteiger partial charge in [-0.25, -0.2) is 0 Å². The molecule has 0 bridgehead atoms. The largest absolute Gasteiger partial charge is 0.481 e. The van der Waals surface area contributed by atoms with Crippen molar-refractivity contribution in [3.63, 3.8) is 0 Å². The topological polar surface area (TPSA) is 60.9 Å². The van der Waals surface area contributed by atoms with E-state index in [0.717, 1.165) is 37.3 Å². The number of carboxylic acid groups (broad SMARTS) is 1. The summed E-state index contributed by atoms with van der Waals surface area (Å²) < 4.78 is 0. The van der Waals surface area contributed by atoms with Gasteiger partial charge in [-0.15, -0.1) is 0 Å². The number of piperazine rings is 1. The number of carboxylic acids is 1. The number of carbonyl (C=O) groups excluding carboxylic acids is 1. The first-order valence-corrected chi connectivity index (χ1v) is 8.11. The maximum atomic E-state index is 12.9. The standard InChI is InChI=1S/C18H26N2O3/c1-13-4-5-16(14(2)10-13)18(23)15(11-17(21)22)12-20-8-6-19(3)7-9-20/h4-5,10,15H,6-9,11-12H2,1-3H3,(H,21,22). The van der Waals surface area contributed by atoms with Gasteiger partial charge in [-0.05, 0) is 26.5 Å². The minimum atomic E-state index is -0.915. The van der Waals surface area contributed by atoms with E-state index >= 15 is 0 Å². The fourth-order valence-electron chi connectivity index (χ4n) is 3.10. The van der Waals surface area contributed by atoms with E-state index < -0.39 is 11.9 Å². The zero-order chi connectivity index (χ0) is 17.0. The fraction of sp³-hybridized carbons (Fsp3) is 0.556. The Bertz CT molecular complexity index is 578. The van der Waals surface area contributed by atoms with Gasteiger partial charge < -0.3 is 14.9 Å². The van der Waals surface area contributed by atoms with Crippen LogP contribution in [-0.2, 0) is 4.79 Å². The van der Waals surface area contributed by atoms with Gasteiger partial charge >= 0.3 is 5.97 Å². The molecule has 1 aliphatic rings. The Hall–Kier alpha value is -1.72. The van der Waals surface area contributed by atoms with Gasteiger partial charge in [-0.3, -0.25) is 9.59 Å². The molecule has 1 heterocycles. The van der Waals surface area contributed by atoms with Crippen LogP contribution in [0.4, 0.5) is 0 Å². The van der Waals surface area contributed by atoms with E-state index in [-0.39, 0.29) is 12.2 Å². The Morgan fingerprint density at radius 3 is 2.39 bits per heavy atom. The second kappa shape index (κ2) is 7.70. The molecule has 0 aromatic heterocycles. The Labute approximate surface area is 137 Å². The SMILES string of the molecule is Cc1ccc(C(=O)C(CC(=O)O)CN2CCN(C)CC2)c(C)c1. The fourth-order valence-corrected chi connectivity index (χ4v) is 3.10. The van der Waals surface area contributed by atoms with Crippen molar-refractivity contribution in [2.45, 2.75) is 20.3 Å². The number of aliphatic carboxylic acids is 1. The zero-order valence-electron chi connectivity index (χ0n) is 14.2. The first kappa shape index (κ1) is 17.6. The van der Waals surface area contributed by atoms with Crippen LogP contribution in [0, 0.1) is 19.8 Å². The molecule has 1 atom stereocenters. The van der Waals surface area contributed by atoms with Gasteiger partial charge in [0.1, 0.15) is 0 Å². The summed E-state index contributed by atoms with van der Waals surface area (Å²) in [4.78, 5) is 28.5. The second-order valence-corrected chi connectivity index (χ2v) is 6.58. The number of benzene rings is 1. The predicted molar refractivity (Wildman–Crippen MR) is 89.9 cm³/mol. The number of hydrogen-bond donors (Lipinski definition) is 1. The van der Waals surface area contributed by atoms with E-state index in [1.54, 1.807) is 0 Å². The average Bonchev–Trinajstić information content (AvgIpc) is 2.48. The molecule has 0 spiro atoms. The van der Waals surface area contributed by atoms with Crippen molar-refractivity contribution >= 4 is 11.8 Å². The van der Waals surface area contributed by atoms with E-state index in [2.05, 4.69) is 16.8 Å². The smallest absolute Gasteiger partial charge is 0.304 e. The molecular weight excluding hydrogens is 292 g/mol. The van der Waals surface area contributed by atoms with Crippen LogP contribution >= 0.6 is 0 Å². The lowest BCUT2D eigenvalue weighted by molar-refractivity contribution is -0.137. The van der Waals surface area contributed by atoms with Crippen molar-refractivity contribution in [2.75, 3.05) is 39.8 Å². The van der Waals surface area contributed by atoms with Gasteiger partial charge in [0.05, 0.1) is 6.42 Å². The molecule has 1 unspecified atom stereocenters. The third-order valence-corrected chi connectivity index (χ3v) is 4.51. The summed E-state index contributed by atoms with van der Waals surface area (Å²) in [7, 11) is 2.08. The molecule has 0 amide bonds. The average molecular weight is 318 g/mol. The van der Waals surface area contributed by atoms with Crippen LogP contribution in [0.15, 0.2) is 18.2 Å². The number of carbonyl (C=O) groups is 2. The molecule has 1 aromatic rings. The van der Waals surface area contributed by atoms with Crippen LogP contribution < -0.4 is 0 Å². The number of ketones is 1. The highest BCUT2D eigenvalue weighted by Gasteiger charge is 2.27. The number of rotatable bonds is 6. The minimum Gasteiger partial charge on any atom is -0.481 e. The van der Waals surface area contributed by atoms with Gasteiger partial charge in [0, 0.05) is 44.2 Å². The summed E-state index contributed by atoms with van der Waals surface area (Å²) in [5, 5.41) is 9.19. The first-order chi connectivity index (χ1) is 10.9. The summed E-state index contributed by atoms with van der Waals surface area (Å²) in [5.41, 5.74) is 2.67. The molecule has 5 nitrogen and oxygen atoms in total. The highest BCUT2D eigenvalue weighted by molar-refractivity contribution is 6.00. The molecule has 5 heteroatoms. The van der Waals surface area contributed by atoms with Crippen LogP contribution in [0.25, 0.3) is 0 Å². The van der Waals surface area contributed by atoms with E-state index in [1.165, 1.54) is 0 Å². The van der Waals surface area contributed by atoms with Crippen LogP contribution in [0.2, 0.25) is 0 Å². The monoisotopic (exact) mass is 318 g/mol. The second-order valence-electron chi connectivity index (χ2n) is 6.58. The van der Waals surface area contributed by atoms with Crippen LogP contribution in [0.5, 0.6) is 0 Å². The summed E-state index contributed by atoms with van der Waals surface area (Å²) in [6, 6.07) is 5.71. The highest BCUT2D eigenvalue weighted by atomic mass is 16.4. The molecule has 1 saturated heterocycles. The maximum absolute atomic E-state index is 12.9. The number of aryl methyl sites for hydroxylation is 2. The van der Waals surface area contributed by atoms with E-state index in [9.17, 15) is 14.7 Å². The molecule has 0 radical (unpaired) electrons. The number of nitrogens with zero attached hydrogens (tertiary/aromatic N) is 2. The quantitative estimate of drug-likeness (QED) is 0.811. The van der Waals surface area contributed by atoms with E-state index in [1.807, 2.05) is 32.0 Å². The molecule has 1 aliphatic heterocycles. The molecule has 0 saturated carbocycles. The van der Waals surface area contributed by atoms with Gasteiger partial charge in [-0.2, -0.15) is 0 Å². The van der Waals surface area contributed by atoms with Crippen molar-refractivity contribution in [3.8, 4) is 0 Å². The lowest BCUT2D eigenvalue weighted by atomic mass is 9.90. The minimum absolute atomic E-state index is 0.0520. The lowest BCUT2D eigenvalue weighted by Crippen LogP contribution is -2.47. The van der Waals surface area contributed by atoms with Crippen LogP contribution in [0.1, 0.15) is 27.9 Å². The van der Waals surface area contributed by atoms with Crippen molar-refractivity contribution in [1.29, 1.82) is 0 Å². The van der Waals surface area contributed by atoms with Crippen molar-refractivity contribution < 1.29 is 14.7 Å². The van der Waals surface area contributed by atoms with Gasteiger partial charge in [0.15, 0.2) is 5.78 Å². The van der Waals surface area contributed by atoms with Gasteiger partial charge in [-0.1, -0.05) is 23.8 Å².